The first-order valence-electron chi connectivity index (χ1n) is 5.37. The summed E-state index contributed by atoms with van der Waals surface area (Å²) in [4.78, 5) is 7.85. The minimum Gasteiger partial charge on any atom is -0.333 e. The van der Waals surface area contributed by atoms with Crippen molar-refractivity contribution >= 4 is 22.8 Å². The van der Waals surface area contributed by atoms with Gasteiger partial charge < -0.3 is 4.98 Å². The lowest BCUT2D eigenvalue weighted by Crippen LogP contribution is -1.95. The van der Waals surface area contributed by atoms with Crippen LogP contribution >= 0.6 is 11.8 Å². The smallest absolute Gasteiger partial charge is 0.166 e. The summed E-state index contributed by atoms with van der Waals surface area (Å²) >= 11 is 1.81. The molecular weight excluding hydrogens is 204 g/mol. The Morgan fingerprint density at radius 1 is 1.40 bits per heavy atom. The molecule has 1 atom stereocenters. The van der Waals surface area contributed by atoms with Gasteiger partial charge in [-0.15, -0.1) is 0 Å². The highest BCUT2D eigenvalue weighted by molar-refractivity contribution is 7.99. The lowest BCUT2D eigenvalue weighted by Gasteiger charge is -2.04. The number of hydrogen-bond donors (Lipinski definition) is 1. The molecule has 1 aromatic carbocycles. The molecule has 0 saturated carbocycles. The second kappa shape index (κ2) is 4.71. The maximum Gasteiger partial charge on any atom is 0.166 e. The van der Waals surface area contributed by atoms with Gasteiger partial charge in [-0.3, -0.25) is 0 Å². The molecule has 15 heavy (non-hydrogen) atoms. The minimum atomic E-state index is 0.753. The summed E-state index contributed by atoms with van der Waals surface area (Å²) in [6.07, 6.45) is 1.23. The molecule has 0 aliphatic rings. The molecule has 0 spiro atoms. The molecule has 0 aliphatic heterocycles. The largest absolute Gasteiger partial charge is 0.333 e. The maximum absolute atomic E-state index is 4.53. The Kier molecular flexibility index (Phi) is 3.31. The van der Waals surface area contributed by atoms with Crippen LogP contribution in [-0.4, -0.2) is 15.7 Å². The van der Waals surface area contributed by atoms with Gasteiger partial charge in [-0.2, -0.15) is 0 Å². The highest BCUT2D eigenvalue weighted by Crippen LogP contribution is 2.21. The van der Waals surface area contributed by atoms with Gasteiger partial charge in [0.1, 0.15) is 0 Å². The molecule has 2 rings (SSSR count). The zero-order valence-corrected chi connectivity index (χ0v) is 9.97. The van der Waals surface area contributed by atoms with E-state index in [4.69, 9.17) is 0 Å². The highest BCUT2D eigenvalue weighted by atomic mass is 32.2. The van der Waals surface area contributed by atoms with Gasteiger partial charge >= 0.3 is 0 Å². The molecule has 80 valence electrons. The first kappa shape index (κ1) is 10.6. The third kappa shape index (κ3) is 2.53. The van der Waals surface area contributed by atoms with E-state index < -0.39 is 0 Å². The van der Waals surface area contributed by atoms with Gasteiger partial charge in [-0.25, -0.2) is 4.98 Å². The van der Waals surface area contributed by atoms with Crippen LogP contribution in [0.2, 0.25) is 0 Å². The Labute approximate surface area is 94.5 Å². The van der Waals surface area contributed by atoms with Crippen LogP contribution in [0, 0.1) is 5.92 Å². The number of benzene rings is 1. The van der Waals surface area contributed by atoms with Gasteiger partial charge in [-0.1, -0.05) is 44.2 Å². The molecule has 0 radical (unpaired) electrons. The van der Waals surface area contributed by atoms with Crippen molar-refractivity contribution in [1.29, 1.82) is 0 Å². The molecular formula is C12H16N2S. The second-order valence-electron chi connectivity index (χ2n) is 3.88. The first-order valence-corrected chi connectivity index (χ1v) is 6.35. The lowest BCUT2D eigenvalue weighted by atomic mass is 10.2. The number of nitrogens with one attached hydrogen (secondary N) is 1. The van der Waals surface area contributed by atoms with Gasteiger partial charge in [0, 0.05) is 5.75 Å². The Morgan fingerprint density at radius 2 is 2.20 bits per heavy atom. The molecule has 0 fully saturated rings. The third-order valence-corrected chi connectivity index (χ3v) is 3.77. The molecule has 0 aliphatic carbocycles. The molecule has 0 bridgehead atoms. The van der Waals surface area contributed by atoms with Crippen molar-refractivity contribution in [2.75, 3.05) is 5.75 Å². The van der Waals surface area contributed by atoms with Gasteiger partial charge in [0.2, 0.25) is 0 Å². The van der Waals surface area contributed by atoms with E-state index in [1.54, 1.807) is 0 Å². The van der Waals surface area contributed by atoms with E-state index in [-0.39, 0.29) is 0 Å². The predicted molar refractivity (Wildman–Crippen MR) is 66.3 cm³/mol. The number of H-pyrrole nitrogens is 1. The topological polar surface area (TPSA) is 28.7 Å². The van der Waals surface area contributed by atoms with Crippen LogP contribution in [-0.2, 0) is 0 Å². The van der Waals surface area contributed by atoms with Crippen molar-refractivity contribution in [3.05, 3.63) is 24.3 Å². The van der Waals surface area contributed by atoms with E-state index >= 15 is 0 Å². The summed E-state index contributed by atoms with van der Waals surface area (Å²) in [6.45, 7) is 4.50. The summed E-state index contributed by atoms with van der Waals surface area (Å²) < 4.78 is 0. The summed E-state index contributed by atoms with van der Waals surface area (Å²) in [7, 11) is 0. The molecule has 2 aromatic rings. The zero-order valence-electron chi connectivity index (χ0n) is 9.16. The van der Waals surface area contributed by atoms with Gasteiger partial charge in [0.05, 0.1) is 11.0 Å². The second-order valence-corrected chi connectivity index (χ2v) is 4.89. The van der Waals surface area contributed by atoms with Crippen LogP contribution < -0.4 is 0 Å². The molecule has 1 aromatic heterocycles. The number of thioether (sulfide) groups is 1. The Morgan fingerprint density at radius 3 is 2.93 bits per heavy atom. The molecule has 1 unspecified atom stereocenters. The van der Waals surface area contributed by atoms with Crippen molar-refractivity contribution < 1.29 is 0 Å². The molecule has 1 N–H and O–H groups in total. The van der Waals surface area contributed by atoms with Crippen LogP contribution in [0.5, 0.6) is 0 Å². The average Bonchev–Trinajstić information content (AvgIpc) is 2.68. The van der Waals surface area contributed by atoms with Crippen molar-refractivity contribution in [2.45, 2.75) is 25.4 Å². The van der Waals surface area contributed by atoms with Crippen molar-refractivity contribution in [1.82, 2.24) is 9.97 Å². The monoisotopic (exact) mass is 220 g/mol. The fourth-order valence-electron chi connectivity index (χ4n) is 1.34. The SMILES string of the molecule is CCC(C)CSc1nc2ccccc2[nH]1. The van der Waals surface area contributed by atoms with Crippen LogP contribution in [0.1, 0.15) is 20.3 Å². The summed E-state index contributed by atoms with van der Waals surface area (Å²) in [6, 6.07) is 8.16. The molecule has 0 saturated heterocycles. The first-order chi connectivity index (χ1) is 7.29. The van der Waals surface area contributed by atoms with E-state index in [0.717, 1.165) is 27.9 Å². The minimum absolute atomic E-state index is 0.753. The van der Waals surface area contributed by atoms with Crippen molar-refractivity contribution in [3.8, 4) is 0 Å². The highest BCUT2D eigenvalue weighted by Gasteiger charge is 2.04. The molecule has 1 heterocycles. The average molecular weight is 220 g/mol. The third-order valence-electron chi connectivity index (χ3n) is 2.57. The summed E-state index contributed by atoms with van der Waals surface area (Å²) in [5.74, 6) is 1.89. The van der Waals surface area contributed by atoms with E-state index in [1.165, 1.54) is 6.42 Å². The van der Waals surface area contributed by atoms with Crippen LogP contribution in [0.3, 0.4) is 0 Å². The number of aromatic amines is 1. The Balaban J connectivity index is 2.09. The summed E-state index contributed by atoms with van der Waals surface area (Å²) in [5, 5.41) is 1.04. The van der Waals surface area contributed by atoms with Gasteiger partial charge in [0.15, 0.2) is 5.16 Å². The normalized spacial score (nSPS) is 13.2. The fraction of sp³-hybridized carbons (Fsp3) is 0.417. The van der Waals surface area contributed by atoms with E-state index in [2.05, 4.69) is 29.9 Å². The molecule has 2 nitrogen and oxygen atoms in total. The maximum atomic E-state index is 4.53. The quantitative estimate of drug-likeness (QED) is 0.796. The van der Waals surface area contributed by atoms with Gasteiger partial charge in [0.25, 0.3) is 0 Å². The van der Waals surface area contributed by atoms with Crippen LogP contribution in [0.4, 0.5) is 0 Å². The van der Waals surface area contributed by atoms with E-state index in [9.17, 15) is 0 Å². The zero-order chi connectivity index (χ0) is 10.7. The lowest BCUT2D eigenvalue weighted by molar-refractivity contribution is 0.636. The fourth-order valence-corrected chi connectivity index (χ4v) is 2.36. The summed E-state index contributed by atoms with van der Waals surface area (Å²) in [5.41, 5.74) is 2.19. The van der Waals surface area contributed by atoms with Gasteiger partial charge in [-0.05, 0) is 18.1 Å². The molecule has 0 amide bonds. The standard InChI is InChI=1S/C12H16N2S/c1-3-9(2)8-15-12-13-10-6-4-5-7-11(10)14-12/h4-7,9H,3,8H2,1-2H3,(H,13,14). The number of fused-ring (bicyclic) bond motifs is 1. The Hall–Kier alpha value is -0.960. The van der Waals surface area contributed by atoms with Crippen molar-refractivity contribution in [2.24, 2.45) is 5.92 Å². The number of para-hydroxylation sites is 2. The predicted octanol–water partition coefficient (Wildman–Crippen LogP) is 3.70. The number of aromatic nitrogens is 2. The number of rotatable bonds is 4. The van der Waals surface area contributed by atoms with Crippen LogP contribution in [0.25, 0.3) is 11.0 Å². The Bertz CT molecular complexity index is 403. The van der Waals surface area contributed by atoms with Crippen molar-refractivity contribution in [3.63, 3.8) is 0 Å². The number of imidazole rings is 1. The van der Waals surface area contributed by atoms with Crippen LogP contribution in [0.15, 0.2) is 29.4 Å². The van der Waals surface area contributed by atoms with E-state index in [1.807, 2.05) is 30.0 Å². The molecule has 3 heteroatoms. The number of nitrogens with zero attached hydrogens (tertiary/aromatic N) is 1. The number of hydrogen-bond acceptors (Lipinski definition) is 2. The van der Waals surface area contributed by atoms with E-state index in [0.29, 0.717) is 0 Å².